The highest BCUT2D eigenvalue weighted by Gasteiger charge is 2.30. The van der Waals surface area contributed by atoms with Gasteiger partial charge in [0.25, 0.3) is 0 Å². The van der Waals surface area contributed by atoms with Crippen molar-refractivity contribution in [1.82, 2.24) is 4.90 Å². The van der Waals surface area contributed by atoms with Crippen molar-refractivity contribution in [2.45, 2.75) is 19.6 Å². The first-order valence-electron chi connectivity index (χ1n) is 5.98. The quantitative estimate of drug-likeness (QED) is 0.836. The smallest absolute Gasteiger partial charge is 0.422 e. The lowest BCUT2D eigenvalue weighted by atomic mass is 10.2. The van der Waals surface area contributed by atoms with Crippen molar-refractivity contribution in [3.63, 3.8) is 0 Å². The minimum Gasteiger partial charge on any atom is -0.494 e. The third kappa shape index (κ3) is 5.81. The summed E-state index contributed by atoms with van der Waals surface area (Å²) in [4.78, 5) is 12.4. The molecule has 0 fully saturated rings. The molecular weight excluding hydrogens is 275 g/mol. The van der Waals surface area contributed by atoms with Crippen LogP contribution in [0.2, 0.25) is 0 Å². The molecule has 0 heterocycles. The molecule has 20 heavy (non-hydrogen) atoms. The number of alkyl halides is 3. The molecule has 0 saturated heterocycles. The van der Waals surface area contributed by atoms with E-state index >= 15 is 0 Å². The molecule has 1 rings (SSSR count). The summed E-state index contributed by atoms with van der Waals surface area (Å²) in [6.07, 6.45) is -5.54. The van der Waals surface area contributed by atoms with Crippen molar-refractivity contribution >= 4 is 6.09 Å². The van der Waals surface area contributed by atoms with E-state index in [9.17, 15) is 18.0 Å². The predicted octanol–water partition coefficient (Wildman–Crippen LogP) is 3.22. The molecule has 0 saturated carbocycles. The predicted molar refractivity (Wildman–Crippen MR) is 66.5 cm³/mol. The average molecular weight is 291 g/mol. The summed E-state index contributed by atoms with van der Waals surface area (Å²) < 4.78 is 45.1. The molecule has 0 aliphatic carbocycles. The van der Waals surface area contributed by atoms with Gasteiger partial charge in [-0.2, -0.15) is 13.2 Å². The fourth-order valence-electron chi connectivity index (χ4n) is 1.45. The van der Waals surface area contributed by atoms with E-state index in [4.69, 9.17) is 4.74 Å². The molecular formula is C13H16F3NO3. The molecule has 0 aliphatic rings. The van der Waals surface area contributed by atoms with Gasteiger partial charge < -0.3 is 14.4 Å². The van der Waals surface area contributed by atoms with Crippen LogP contribution in [0.15, 0.2) is 24.3 Å². The van der Waals surface area contributed by atoms with Crippen LogP contribution in [0.4, 0.5) is 18.0 Å². The molecule has 0 bridgehead atoms. The number of nitrogens with zero attached hydrogens (tertiary/aromatic N) is 1. The lowest BCUT2D eigenvalue weighted by molar-refractivity contribution is -0.162. The summed E-state index contributed by atoms with van der Waals surface area (Å²) in [5.74, 6) is 0.693. The molecule has 0 spiro atoms. The van der Waals surface area contributed by atoms with Crippen LogP contribution < -0.4 is 4.74 Å². The number of ether oxygens (including phenoxy) is 2. The Kier molecular flexibility index (Phi) is 5.66. The van der Waals surface area contributed by atoms with E-state index in [1.54, 1.807) is 24.3 Å². The van der Waals surface area contributed by atoms with Crippen LogP contribution >= 0.6 is 0 Å². The molecule has 1 aromatic carbocycles. The summed E-state index contributed by atoms with van der Waals surface area (Å²) in [5.41, 5.74) is 0.764. The summed E-state index contributed by atoms with van der Waals surface area (Å²) in [6, 6.07) is 6.93. The van der Waals surface area contributed by atoms with Gasteiger partial charge in [-0.3, -0.25) is 0 Å². The standard InChI is InChI=1S/C13H16F3NO3/c1-3-19-11-6-4-10(5-7-11)8-17(2)12(18)20-9-13(14,15)16/h4-7H,3,8-9H2,1-2H3. The highest BCUT2D eigenvalue weighted by molar-refractivity contribution is 5.67. The van der Waals surface area contributed by atoms with Crippen molar-refractivity contribution in [3.8, 4) is 5.75 Å². The van der Waals surface area contributed by atoms with Gasteiger partial charge in [0.2, 0.25) is 0 Å². The zero-order valence-corrected chi connectivity index (χ0v) is 11.2. The van der Waals surface area contributed by atoms with Gasteiger partial charge >= 0.3 is 12.3 Å². The third-order valence-corrected chi connectivity index (χ3v) is 2.33. The maximum atomic E-state index is 11.9. The van der Waals surface area contributed by atoms with Crippen LogP contribution in [0, 0.1) is 0 Å². The van der Waals surface area contributed by atoms with Crippen molar-refractivity contribution < 1.29 is 27.4 Å². The minimum absolute atomic E-state index is 0.156. The molecule has 0 aromatic heterocycles. The third-order valence-electron chi connectivity index (χ3n) is 2.33. The Labute approximate surface area is 115 Å². The molecule has 7 heteroatoms. The summed E-state index contributed by atoms with van der Waals surface area (Å²) >= 11 is 0. The molecule has 112 valence electrons. The van der Waals surface area contributed by atoms with Crippen LogP contribution in [0.5, 0.6) is 5.75 Å². The Morgan fingerprint density at radius 2 is 1.85 bits per heavy atom. The molecule has 0 aliphatic heterocycles. The Bertz CT molecular complexity index is 431. The van der Waals surface area contributed by atoms with Crippen molar-refractivity contribution in [2.24, 2.45) is 0 Å². The number of hydrogen-bond donors (Lipinski definition) is 0. The van der Waals surface area contributed by atoms with E-state index in [1.807, 2.05) is 6.92 Å². The van der Waals surface area contributed by atoms with Crippen molar-refractivity contribution in [2.75, 3.05) is 20.3 Å². The number of carbonyl (C=O) groups is 1. The Balaban J connectivity index is 2.48. The first-order chi connectivity index (χ1) is 9.31. The first kappa shape index (κ1) is 16.1. The second-order valence-corrected chi connectivity index (χ2v) is 4.10. The summed E-state index contributed by atoms with van der Waals surface area (Å²) in [6.45, 7) is 0.976. The topological polar surface area (TPSA) is 38.8 Å². The molecule has 0 unspecified atom stereocenters. The molecule has 4 nitrogen and oxygen atoms in total. The van der Waals surface area contributed by atoms with Gasteiger partial charge in [-0.25, -0.2) is 4.79 Å². The van der Waals surface area contributed by atoms with Crippen LogP contribution in [0.1, 0.15) is 12.5 Å². The number of amides is 1. The number of carbonyl (C=O) groups excluding carboxylic acids is 1. The lowest BCUT2D eigenvalue weighted by Gasteiger charge is -2.18. The number of hydrogen-bond acceptors (Lipinski definition) is 3. The maximum absolute atomic E-state index is 11.9. The lowest BCUT2D eigenvalue weighted by Crippen LogP contribution is -2.30. The van der Waals surface area contributed by atoms with E-state index in [-0.39, 0.29) is 6.54 Å². The van der Waals surface area contributed by atoms with Gasteiger partial charge in [-0.1, -0.05) is 12.1 Å². The first-order valence-corrected chi connectivity index (χ1v) is 5.98. The molecule has 0 radical (unpaired) electrons. The SMILES string of the molecule is CCOc1ccc(CN(C)C(=O)OCC(F)(F)F)cc1. The normalized spacial score (nSPS) is 11.1. The zero-order chi connectivity index (χ0) is 15.2. The van der Waals surface area contributed by atoms with Gasteiger partial charge in [0.05, 0.1) is 6.61 Å². The van der Waals surface area contributed by atoms with Crippen molar-refractivity contribution in [3.05, 3.63) is 29.8 Å². The van der Waals surface area contributed by atoms with E-state index in [1.165, 1.54) is 7.05 Å². The van der Waals surface area contributed by atoms with Crippen molar-refractivity contribution in [1.29, 1.82) is 0 Å². The fraction of sp³-hybridized carbons (Fsp3) is 0.462. The van der Waals surface area contributed by atoms with Crippen LogP contribution in [0.25, 0.3) is 0 Å². The summed E-state index contributed by atoms with van der Waals surface area (Å²) in [5, 5.41) is 0. The monoisotopic (exact) mass is 291 g/mol. The van der Waals surface area contributed by atoms with Gasteiger partial charge in [-0.05, 0) is 24.6 Å². The Morgan fingerprint density at radius 3 is 2.35 bits per heavy atom. The van der Waals surface area contributed by atoms with E-state index in [2.05, 4.69) is 4.74 Å². The maximum Gasteiger partial charge on any atom is 0.422 e. The number of benzene rings is 1. The summed E-state index contributed by atoms with van der Waals surface area (Å²) in [7, 11) is 1.37. The van der Waals surface area contributed by atoms with Gasteiger partial charge in [0.1, 0.15) is 5.75 Å². The van der Waals surface area contributed by atoms with Crippen LogP contribution in [-0.4, -0.2) is 37.4 Å². The second-order valence-electron chi connectivity index (χ2n) is 4.10. The molecule has 1 amide bonds. The minimum atomic E-state index is -4.52. The Morgan fingerprint density at radius 1 is 1.25 bits per heavy atom. The number of halogens is 3. The highest BCUT2D eigenvalue weighted by Crippen LogP contribution is 2.16. The van der Waals surface area contributed by atoms with E-state index in [0.717, 1.165) is 10.5 Å². The van der Waals surface area contributed by atoms with E-state index in [0.29, 0.717) is 12.4 Å². The zero-order valence-electron chi connectivity index (χ0n) is 11.2. The number of rotatable bonds is 5. The van der Waals surface area contributed by atoms with Gasteiger partial charge in [-0.15, -0.1) is 0 Å². The van der Waals surface area contributed by atoms with Gasteiger partial charge in [0, 0.05) is 13.6 Å². The fourth-order valence-corrected chi connectivity index (χ4v) is 1.45. The molecule has 1 aromatic rings. The molecule has 0 atom stereocenters. The average Bonchev–Trinajstić information content (AvgIpc) is 2.37. The second kappa shape index (κ2) is 7.02. The van der Waals surface area contributed by atoms with Crippen LogP contribution in [-0.2, 0) is 11.3 Å². The highest BCUT2D eigenvalue weighted by atomic mass is 19.4. The van der Waals surface area contributed by atoms with Gasteiger partial charge in [0.15, 0.2) is 6.61 Å². The van der Waals surface area contributed by atoms with Crippen LogP contribution in [0.3, 0.4) is 0 Å². The largest absolute Gasteiger partial charge is 0.494 e. The Hall–Kier alpha value is -1.92. The van der Waals surface area contributed by atoms with E-state index < -0.39 is 18.9 Å². The molecule has 0 N–H and O–H groups in total.